The van der Waals surface area contributed by atoms with Gasteiger partial charge in [-0.25, -0.2) is 4.39 Å². The van der Waals surface area contributed by atoms with Crippen LogP contribution in [0.15, 0.2) is 36.4 Å². The van der Waals surface area contributed by atoms with Crippen molar-refractivity contribution in [2.75, 3.05) is 60.8 Å². The number of benzene rings is 2. The van der Waals surface area contributed by atoms with Crippen molar-refractivity contribution in [1.29, 1.82) is 0 Å². The average molecular weight is 546 g/mol. The van der Waals surface area contributed by atoms with Crippen LogP contribution in [0.4, 0.5) is 33.1 Å². The molecule has 3 N–H and O–H groups in total. The Bertz CT molecular complexity index is 1270. The summed E-state index contributed by atoms with van der Waals surface area (Å²) in [5.41, 5.74) is 3.28. The first-order valence-electron chi connectivity index (χ1n) is 12.3. The zero-order valence-corrected chi connectivity index (χ0v) is 22.3. The number of hydrogen-bond acceptors (Lipinski definition) is 8. The number of rotatable bonds is 7. The van der Waals surface area contributed by atoms with Gasteiger partial charge in [-0.15, -0.1) is 10.2 Å². The van der Waals surface area contributed by atoms with Gasteiger partial charge in [0, 0.05) is 67.2 Å². The van der Waals surface area contributed by atoms with Gasteiger partial charge in [-0.05, 0) is 44.2 Å². The summed E-state index contributed by atoms with van der Waals surface area (Å²) in [6.07, 6.45) is 2.22. The van der Waals surface area contributed by atoms with Crippen molar-refractivity contribution < 1.29 is 9.13 Å². The van der Waals surface area contributed by atoms with Gasteiger partial charge in [0.1, 0.15) is 11.6 Å². The number of fused-ring (bicyclic) bond motifs is 1. The Kier molecular flexibility index (Phi) is 7.73. The molecule has 0 spiro atoms. The van der Waals surface area contributed by atoms with Crippen LogP contribution in [0.1, 0.15) is 18.4 Å². The van der Waals surface area contributed by atoms with Crippen molar-refractivity contribution in [1.82, 2.24) is 15.5 Å². The van der Waals surface area contributed by atoms with Gasteiger partial charge in [-0.1, -0.05) is 23.2 Å². The predicted molar refractivity (Wildman–Crippen MR) is 149 cm³/mol. The van der Waals surface area contributed by atoms with Crippen LogP contribution in [0.25, 0.3) is 0 Å². The fraction of sp³-hybridized carbons (Fsp3) is 0.385. The van der Waals surface area contributed by atoms with Crippen LogP contribution >= 0.6 is 23.2 Å². The number of ether oxygens (including phenoxy) is 1. The highest BCUT2D eigenvalue weighted by Gasteiger charge is 2.23. The minimum atomic E-state index is -0.492. The van der Waals surface area contributed by atoms with Gasteiger partial charge >= 0.3 is 0 Å². The van der Waals surface area contributed by atoms with Gasteiger partial charge < -0.3 is 30.5 Å². The van der Waals surface area contributed by atoms with Crippen molar-refractivity contribution in [3.05, 3.63) is 57.8 Å². The average Bonchev–Trinajstić information content (AvgIpc) is 2.93. The van der Waals surface area contributed by atoms with Gasteiger partial charge in [-0.2, -0.15) is 0 Å². The number of methoxy groups -OCH3 is 1. The lowest BCUT2D eigenvalue weighted by Crippen LogP contribution is -2.41. The van der Waals surface area contributed by atoms with Gasteiger partial charge in [0.05, 0.1) is 23.5 Å². The van der Waals surface area contributed by atoms with E-state index in [4.69, 9.17) is 27.9 Å². The van der Waals surface area contributed by atoms with Gasteiger partial charge in [0.25, 0.3) is 0 Å². The normalized spacial score (nSPS) is 15.8. The number of halogens is 3. The fourth-order valence-electron chi connectivity index (χ4n) is 4.85. The topological polar surface area (TPSA) is 77.6 Å². The second-order valence-electron chi connectivity index (χ2n) is 9.19. The molecule has 3 heterocycles. The molecule has 2 aromatic carbocycles. The summed E-state index contributed by atoms with van der Waals surface area (Å²) in [7, 11) is 3.68. The van der Waals surface area contributed by atoms with Crippen molar-refractivity contribution in [2.45, 2.75) is 25.4 Å². The minimum Gasteiger partial charge on any atom is -0.494 e. The van der Waals surface area contributed by atoms with Gasteiger partial charge in [0.2, 0.25) is 0 Å². The molecule has 0 aliphatic carbocycles. The Morgan fingerprint density at radius 2 is 1.92 bits per heavy atom. The molecule has 0 radical (unpaired) electrons. The maximum Gasteiger partial charge on any atom is 0.172 e. The SMILES string of the molecule is CNC1CCN(c2ccc(Nc3cc4c(nn3)NCCN4Cc3c(Cl)ccc(F)c3Cl)c(OC)c2)CC1. The summed E-state index contributed by atoms with van der Waals surface area (Å²) < 4.78 is 19.8. The lowest BCUT2D eigenvalue weighted by atomic mass is 10.0. The molecular formula is C26H30Cl2FN7O. The molecule has 1 saturated heterocycles. The zero-order chi connectivity index (χ0) is 25.9. The number of nitrogens with one attached hydrogen (secondary N) is 3. The van der Waals surface area contributed by atoms with Gasteiger partial charge in [0.15, 0.2) is 11.6 Å². The van der Waals surface area contributed by atoms with Crippen molar-refractivity contribution in [2.24, 2.45) is 0 Å². The molecule has 5 rings (SSSR count). The van der Waals surface area contributed by atoms with E-state index < -0.39 is 5.82 Å². The third-order valence-electron chi connectivity index (χ3n) is 6.99. The summed E-state index contributed by atoms with van der Waals surface area (Å²) in [5.74, 6) is 1.44. The summed E-state index contributed by atoms with van der Waals surface area (Å²) in [5, 5.41) is 19.2. The Balaban J connectivity index is 1.36. The van der Waals surface area contributed by atoms with Crippen LogP contribution in [0.5, 0.6) is 5.75 Å². The number of hydrogen-bond donors (Lipinski definition) is 3. The highest BCUT2D eigenvalue weighted by molar-refractivity contribution is 6.36. The van der Waals surface area contributed by atoms with Crippen LogP contribution in [0.3, 0.4) is 0 Å². The predicted octanol–water partition coefficient (Wildman–Crippen LogP) is 5.30. The first-order valence-corrected chi connectivity index (χ1v) is 13.1. The highest BCUT2D eigenvalue weighted by atomic mass is 35.5. The van der Waals surface area contributed by atoms with Crippen LogP contribution < -0.4 is 30.5 Å². The molecule has 2 aliphatic rings. The van der Waals surface area contributed by atoms with E-state index in [0.29, 0.717) is 47.9 Å². The number of anilines is 5. The van der Waals surface area contributed by atoms with E-state index >= 15 is 0 Å². The van der Waals surface area contributed by atoms with Crippen molar-refractivity contribution in [3.8, 4) is 5.75 Å². The van der Waals surface area contributed by atoms with Gasteiger partial charge in [-0.3, -0.25) is 0 Å². The largest absolute Gasteiger partial charge is 0.494 e. The van der Waals surface area contributed by atoms with E-state index in [1.54, 1.807) is 7.11 Å². The first-order chi connectivity index (χ1) is 18.0. The molecular weight excluding hydrogens is 516 g/mol. The first kappa shape index (κ1) is 25.6. The molecule has 0 atom stereocenters. The molecule has 0 saturated carbocycles. The summed E-state index contributed by atoms with van der Waals surface area (Å²) in [6, 6.07) is 11.4. The fourth-order valence-corrected chi connectivity index (χ4v) is 5.34. The molecule has 0 unspecified atom stereocenters. The third-order valence-corrected chi connectivity index (χ3v) is 7.76. The molecule has 37 heavy (non-hydrogen) atoms. The van der Waals surface area contributed by atoms with Crippen molar-refractivity contribution >= 4 is 51.9 Å². The zero-order valence-electron chi connectivity index (χ0n) is 20.8. The number of piperidine rings is 1. The lowest BCUT2D eigenvalue weighted by Gasteiger charge is -2.33. The maximum absolute atomic E-state index is 14.1. The van der Waals surface area contributed by atoms with Crippen molar-refractivity contribution in [3.63, 3.8) is 0 Å². The molecule has 8 nitrogen and oxygen atoms in total. The molecule has 1 fully saturated rings. The Morgan fingerprint density at radius 1 is 1.11 bits per heavy atom. The lowest BCUT2D eigenvalue weighted by molar-refractivity contribution is 0.415. The molecule has 1 aromatic heterocycles. The Labute approximate surface area is 226 Å². The standard InChI is InChI=1S/C26H30Cl2FN7O/c1-30-16-7-10-35(11-8-16)17-3-6-21(23(13-17)37-2)32-24-14-22-26(34-33-24)31-9-12-36(22)15-18-19(27)4-5-20(29)25(18)28/h3-6,13-14,16,30H,7-12,15H2,1-2H3,(H,31,34)(H,32,33). The molecule has 0 bridgehead atoms. The molecule has 0 amide bonds. The Morgan fingerprint density at radius 3 is 2.68 bits per heavy atom. The molecule has 2 aliphatic heterocycles. The van der Waals surface area contributed by atoms with Crippen LogP contribution in [-0.2, 0) is 6.54 Å². The minimum absolute atomic E-state index is 0.0351. The van der Waals surface area contributed by atoms with E-state index in [2.05, 4.69) is 48.1 Å². The number of nitrogens with zero attached hydrogens (tertiary/aromatic N) is 4. The van der Waals surface area contributed by atoms with E-state index in [1.807, 2.05) is 19.2 Å². The van der Waals surface area contributed by atoms with E-state index in [-0.39, 0.29) is 5.02 Å². The second kappa shape index (κ2) is 11.2. The number of aromatic nitrogens is 2. The molecule has 3 aromatic rings. The van der Waals surface area contributed by atoms with Crippen LogP contribution in [0, 0.1) is 5.82 Å². The third kappa shape index (κ3) is 5.49. The highest BCUT2D eigenvalue weighted by Crippen LogP contribution is 2.36. The van der Waals surface area contributed by atoms with E-state index in [9.17, 15) is 4.39 Å². The second-order valence-corrected chi connectivity index (χ2v) is 9.98. The van der Waals surface area contributed by atoms with E-state index in [0.717, 1.165) is 48.7 Å². The Hall–Kier alpha value is -3.01. The smallest absolute Gasteiger partial charge is 0.172 e. The maximum atomic E-state index is 14.1. The monoisotopic (exact) mass is 545 g/mol. The quantitative estimate of drug-likeness (QED) is 0.345. The summed E-state index contributed by atoms with van der Waals surface area (Å²) >= 11 is 12.6. The summed E-state index contributed by atoms with van der Waals surface area (Å²) in [4.78, 5) is 4.44. The van der Waals surface area contributed by atoms with Crippen LogP contribution in [0.2, 0.25) is 10.0 Å². The van der Waals surface area contributed by atoms with Crippen LogP contribution in [-0.4, -0.2) is 56.6 Å². The molecule has 196 valence electrons. The molecule has 11 heteroatoms. The summed E-state index contributed by atoms with van der Waals surface area (Å²) in [6.45, 7) is 3.68. The van der Waals surface area contributed by atoms with E-state index in [1.165, 1.54) is 12.1 Å².